The van der Waals surface area contributed by atoms with Crippen molar-refractivity contribution < 1.29 is 14.3 Å². The van der Waals surface area contributed by atoms with Crippen LogP contribution in [0.2, 0.25) is 0 Å². The Morgan fingerprint density at radius 3 is 2.16 bits per heavy atom. The lowest BCUT2D eigenvalue weighted by Gasteiger charge is -2.71. The van der Waals surface area contributed by atoms with Gasteiger partial charge in [-0.05, 0) is 107 Å². The fourth-order valence-electron chi connectivity index (χ4n) is 7.77. The summed E-state index contributed by atoms with van der Waals surface area (Å²) in [6, 6.07) is 0. The normalized spacial score (nSPS) is 50.3. The summed E-state index contributed by atoms with van der Waals surface area (Å²) in [7, 11) is 0. The largest absolute Gasteiger partial charge is 0.436 e. The van der Waals surface area contributed by atoms with Crippen molar-refractivity contribution in [1.82, 2.24) is 0 Å². The Hall–Kier alpha value is -0.570. The second kappa shape index (κ2) is 5.47. The molecular weight excluding hydrogens is 312 g/mol. The lowest BCUT2D eigenvalue weighted by Crippen LogP contribution is -2.67. The summed E-state index contributed by atoms with van der Waals surface area (Å²) < 4.78 is 12.2. The van der Waals surface area contributed by atoms with Crippen molar-refractivity contribution in [2.24, 2.45) is 52.8 Å². The molecule has 8 bridgehead atoms. The van der Waals surface area contributed by atoms with Crippen LogP contribution in [0.25, 0.3) is 0 Å². The maximum Gasteiger partial charge on any atom is 0.313 e. The molecular formula is C22H34O3. The van der Waals surface area contributed by atoms with Crippen LogP contribution in [-0.2, 0) is 14.3 Å². The van der Waals surface area contributed by atoms with Gasteiger partial charge in [-0.1, -0.05) is 6.92 Å². The van der Waals surface area contributed by atoms with E-state index in [2.05, 4.69) is 0 Å². The van der Waals surface area contributed by atoms with Crippen molar-refractivity contribution >= 4 is 5.97 Å². The lowest BCUT2D eigenvalue weighted by molar-refractivity contribution is -0.286. The molecule has 7 aliphatic rings. The molecule has 7 saturated carbocycles. The van der Waals surface area contributed by atoms with Gasteiger partial charge in [0.25, 0.3) is 0 Å². The maximum absolute atomic E-state index is 12.4. The van der Waals surface area contributed by atoms with Crippen LogP contribution >= 0.6 is 0 Å². The van der Waals surface area contributed by atoms with Crippen LogP contribution in [0.5, 0.6) is 0 Å². The lowest BCUT2D eigenvalue weighted by atomic mass is 9.35. The molecule has 140 valence electrons. The second-order valence-corrected chi connectivity index (χ2v) is 10.5. The van der Waals surface area contributed by atoms with Gasteiger partial charge in [0.05, 0.1) is 11.5 Å². The molecule has 0 aliphatic heterocycles. The highest BCUT2D eigenvalue weighted by Crippen LogP contribution is 2.71. The molecule has 0 aromatic carbocycles. The molecule has 0 aromatic heterocycles. The van der Waals surface area contributed by atoms with E-state index in [4.69, 9.17) is 9.47 Å². The van der Waals surface area contributed by atoms with E-state index in [-0.39, 0.29) is 5.97 Å². The molecule has 3 nitrogen and oxygen atoms in total. The smallest absolute Gasteiger partial charge is 0.313 e. The van der Waals surface area contributed by atoms with Crippen molar-refractivity contribution in [1.29, 1.82) is 0 Å². The van der Waals surface area contributed by atoms with Gasteiger partial charge in [-0.2, -0.15) is 0 Å². The molecule has 7 aliphatic carbocycles. The summed E-state index contributed by atoms with van der Waals surface area (Å²) in [5.74, 6) is 7.25. The molecule has 7 rings (SSSR count). The Morgan fingerprint density at radius 2 is 1.56 bits per heavy atom. The topological polar surface area (TPSA) is 35.5 Å². The van der Waals surface area contributed by atoms with Crippen LogP contribution in [0.3, 0.4) is 0 Å². The quantitative estimate of drug-likeness (QED) is 0.537. The Labute approximate surface area is 152 Å². The summed E-state index contributed by atoms with van der Waals surface area (Å²) in [5, 5.41) is 0. The minimum absolute atomic E-state index is 0.118. The SMILES string of the molecule is CCC(C)(C)C(=O)OC(C)OC1C2CC3C4CC5CC3C1C(C5)C4C2. The van der Waals surface area contributed by atoms with Gasteiger partial charge in [0.2, 0.25) is 0 Å². The number of rotatable bonds is 5. The summed E-state index contributed by atoms with van der Waals surface area (Å²) >= 11 is 0. The highest BCUT2D eigenvalue weighted by molar-refractivity contribution is 5.75. The number of carbonyl (C=O) groups is 1. The van der Waals surface area contributed by atoms with Crippen molar-refractivity contribution in [3.63, 3.8) is 0 Å². The van der Waals surface area contributed by atoms with Crippen molar-refractivity contribution in [2.75, 3.05) is 0 Å². The number of esters is 1. The molecule has 6 unspecified atom stereocenters. The molecule has 0 aromatic rings. The van der Waals surface area contributed by atoms with Crippen molar-refractivity contribution in [2.45, 2.75) is 78.6 Å². The first kappa shape index (κ1) is 16.6. The molecule has 0 radical (unpaired) electrons. The van der Waals surface area contributed by atoms with Gasteiger partial charge in [-0.15, -0.1) is 0 Å². The monoisotopic (exact) mass is 346 g/mol. The van der Waals surface area contributed by atoms with E-state index in [0.717, 1.165) is 53.8 Å². The molecule has 0 spiro atoms. The predicted octanol–water partition coefficient (Wildman–Crippen LogP) is 4.65. The zero-order valence-electron chi connectivity index (χ0n) is 16.2. The number of carbonyl (C=O) groups excluding carboxylic acids is 1. The van der Waals surface area contributed by atoms with Gasteiger partial charge in [-0.3, -0.25) is 4.79 Å². The summed E-state index contributed by atoms with van der Waals surface area (Å²) in [4.78, 5) is 12.4. The van der Waals surface area contributed by atoms with Crippen molar-refractivity contribution in [3.05, 3.63) is 0 Å². The third kappa shape index (κ3) is 2.30. The fraction of sp³-hybridized carbons (Fsp3) is 0.955. The third-order valence-corrected chi connectivity index (χ3v) is 9.06. The van der Waals surface area contributed by atoms with Crippen LogP contribution in [0.4, 0.5) is 0 Å². The molecule has 6 atom stereocenters. The van der Waals surface area contributed by atoms with Gasteiger partial charge >= 0.3 is 5.97 Å². The maximum atomic E-state index is 12.4. The van der Waals surface area contributed by atoms with Crippen LogP contribution < -0.4 is 0 Å². The predicted molar refractivity (Wildman–Crippen MR) is 95.5 cm³/mol. The van der Waals surface area contributed by atoms with Gasteiger partial charge in [0.15, 0.2) is 6.29 Å². The number of hydrogen-bond acceptors (Lipinski definition) is 3. The van der Waals surface area contributed by atoms with E-state index in [1.165, 1.54) is 32.1 Å². The van der Waals surface area contributed by atoms with E-state index in [0.29, 0.717) is 6.10 Å². The molecule has 25 heavy (non-hydrogen) atoms. The Kier molecular flexibility index (Phi) is 3.63. The van der Waals surface area contributed by atoms with Crippen LogP contribution in [0, 0.1) is 52.8 Å². The van der Waals surface area contributed by atoms with E-state index >= 15 is 0 Å². The fourth-order valence-corrected chi connectivity index (χ4v) is 7.77. The molecule has 7 fully saturated rings. The molecule has 0 N–H and O–H groups in total. The van der Waals surface area contributed by atoms with E-state index in [1.807, 2.05) is 27.7 Å². The van der Waals surface area contributed by atoms with E-state index < -0.39 is 11.7 Å². The number of hydrogen-bond donors (Lipinski definition) is 0. The van der Waals surface area contributed by atoms with Gasteiger partial charge in [-0.25, -0.2) is 0 Å². The zero-order valence-corrected chi connectivity index (χ0v) is 16.2. The first-order valence-electron chi connectivity index (χ1n) is 10.8. The van der Waals surface area contributed by atoms with Crippen LogP contribution in [-0.4, -0.2) is 18.4 Å². The highest BCUT2D eigenvalue weighted by atomic mass is 16.7. The van der Waals surface area contributed by atoms with Gasteiger partial charge in [0.1, 0.15) is 0 Å². The van der Waals surface area contributed by atoms with Crippen molar-refractivity contribution in [3.8, 4) is 0 Å². The van der Waals surface area contributed by atoms with E-state index in [9.17, 15) is 4.79 Å². The highest BCUT2D eigenvalue weighted by Gasteiger charge is 2.67. The second-order valence-electron chi connectivity index (χ2n) is 10.5. The average Bonchev–Trinajstić information content (AvgIpc) is 2.59. The first-order valence-corrected chi connectivity index (χ1v) is 10.8. The van der Waals surface area contributed by atoms with Crippen LogP contribution in [0.1, 0.15) is 66.2 Å². The average molecular weight is 347 g/mol. The molecule has 3 heteroatoms. The van der Waals surface area contributed by atoms with E-state index in [1.54, 1.807) is 0 Å². The number of ether oxygens (including phenoxy) is 2. The summed E-state index contributed by atoms with van der Waals surface area (Å²) in [5.41, 5.74) is -0.417. The van der Waals surface area contributed by atoms with Gasteiger partial charge < -0.3 is 9.47 Å². The standard InChI is InChI=1S/C22H34O3/c1-5-22(3,4)21(23)25-11(2)24-20-13-9-15-14-6-12-7-17(15)19(20)18(8-12)16(14)10-13/h11-20H,5-10H2,1-4H3. The molecule has 0 amide bonds. The first-order chi connectivity index (χ1) is 11.9. The summed E-state index contributed by atoms with van der Waals surface area (Å²) in [6.45, 7) is 7.89. The Balaban J connectivity index is 1.30. The minimum atomic E-state index is -0.417. The minimum Gasteiger partial charge on any atom is -0.436 e. The Bertz CT molecular complexity index is 546. The third-order valence-electron chi connectivity index (χ3n) is 9.06. The molecule has 0 heterocycles. The van der Waals surface area contributed by atoms with Crippen LogP contribution in [0.15, 0.2) is 0 Å². The van der Waals surface area contributed by atoms with Gasteiger partial charge in [0, 0.05) is 0 Å². The zero-order chi connectivity index (χ0) is 17.5. The molecule has 0 saturated heterocycles. The summed E-state index contributed by atoms with van der Waals surface area (Å²) in [6.07, 6.45) is 7.95. The Morgan fingerprint density at radius 1 is 1.00 bits per heavy atom.